The Morgan fingerprint density at radius 1 is 1.32 bits per heavy atom. The van der Waals surface area contributed by atoms with Crippen LogP contribution in [0.5, 0.6) is 0 Å². The van der Waals surface area contributed by atoms with Gasteiger partial charge in [-0.1, -0.05) is 18.2 Å². The van der Waals surface area contributed by atoms with Crippen molar-refractivity contribution in [3.8, 4) is 0 Å². The third-order valence-corrected chi connectivity index (χ3v) is 3.96. The quantitative estimate of drug-likeness (QED) is 0.558. The summed E-state index contributed by atoms with van der Waals surface area (Å²) >= 11 is 1.57. The van der Waals surface area contributed by atoms with Crippen LogP contribution in [0.1, 0.15) is 19.3 Å². The lowest BCUT2D eigenvalue weighted by molar-refractivity contribution is -0.118. The molecule has 0 atom stereocenters. The summed E-state index contributed by atoms with van der Waals surface area (Å²) in [6.07, 6.45) is 3.55. The molecule has 1 aliphatic rings. The maximum Gasteiger partial charge on any atom is 0.230 e. The van der Waals surface area contributed by atoms with Crippen molar-refractivity contribution in [2.24, 2.45) is 5.92 Å². The fraction of sp³-hybridized carbons (Fsp3) is 0.533. The Balaban J connectivity index is 1.45. The molecule has 1 N–H and O–H groups in total. The number of nitrogens with one attached hydrogen (secondary N) is 1. The van der Waals surface area contributed by atoms with E-state index < -0.39 is 0 Å². The van der Waals surface area contributed by atoms with E-state index in [4.69, 9.17) is 4.74 Å². The zero-order valence-corrected chi connectivity index (χ0v) is 12.0. The van der Waals surface area contributed by atoms with Gasteiger partial charge in [-0.2, -0.15) is 0 Å². The third kappa shape index (κ3) is 6.64. The Morgan fingerprint density at radius 2 is 2.11 bits per heavy atom. The molecule has 1 aromatic rings. The van der Waals surface area contributed by atoms with Gasteiger partial charge in [0, 0.05) is 24.7 Å². The predicted octanol–water partition coefficient (Wildman–Crippen LogP) is 2.71. The van der Waals surface area contributed by atoms with Gasteiger partial charge in [0.25, 0.3) is 0 Å². The largest absolute Gasteiger partial charge is 0.381 e. The molecule has 0 heterocycles. The molecule has 0 spiro atoms. The summed E-state index contributed by atoms with van der Waals surface area (Å²) in [6, 6.07) is 9.98. The molecule has 2 rings (SSSR count). The molecule has 19 heavy (non-hydrogen) atoms. The first-order chi connectivity index (χ1) is 9.34. The second-order valence-corrected chi connectivity index (χ2v) is 5.87. The number of ether oxygens (including phenoxy) is 1. The van der Waals surface area contributed by atoms with Crippen LogP contribution in [0.2, 0.25) is 0 Å². The molecular weight excluding hydrogens is 258 g/mol. The van der Waals surface area contributed by atoms with Crippen LogP contribution < -0.4 is 5.32 Å². The molecule has 0 bridgehead atoms. The summed E-state index contributed by atoms with van der Waals surface area (Å²) in [4.78, 5) is 12.7. The minimum Gasteiger partial charge on any atom is -0.381 e. The van der Waals surface area contributed by atoms with E-state index in [1.54, 1.807) is 11.8 Å². The predicted molar refractivity (Wildman–Crippen MR) is 78.3 cm³/mol. The molecule has 1 saturated carbocycles. The summed E-state index contributed by atoms with van der Waals surface area (Å²) in [6.45, 7) is 2.36. The highest BCUT2D eigenvalue weighted by atomic mass is 32.2. The minimum absolute atomic E-state index is 0.0936. The van der Waals surface area contributed by atoms with Gasteiger partial charge in [-0.05, 0) is 37.3 Å². The van der Waals surface area contributed by atoms with Crippen molar-refractivity contribution in [3.63, 3.8) is 0 Å². The molecule has 104 valence electrons. The highest BCUT2D eigenvalue weighted by Crippen LogP contribution is 2.28. The molecular formula is C15H21NO2S. The van der Waals surface area contributed by atoms with Crippen LogP contribution >= 0.6 is 11.8 Å². The highest BCUT2D eigenvalue weighted by Gasteiger charge is 2.20. The topological polar surface area (TPSA) is 38.3 Å². The van der Waals surface area contributed by atoms with E-state index in [-0.39, 0.29) is 5.91 Å². The first-order valence-corrected chi connectivity index (χ1v) is 7.85. The number of hydrogen-bond acceptors (Lipinski definition) is 3. The number of thioether (sulfide) groups is 1. The highest BCUT2D eigenvalue weighted by molar-refractivity contribution is 8.00. The first-order valence-electron chi connectivity index (χ1n) is 6.87. The molecule has 1 aliphatic carbocycles. The van der Waals surface area contributed by atoms with Crippen molar-refractivity contribution in [1.82, 2.24) is 5.32 Å². The number of amides is 1. The lowest BCUT2D eigenvalue weighted by Crippen LogP contribution is -2.26. The molecule has 1 amide bonds. The summed E-state index contributed by atoms with van der Waals surface area (Å²) in [5.74, 6) is 1.39. The van der Waals surface area contributed by atoms with Crippen molar-refractivity contribution in [2.75, 3.05) is 25.5 Å². The fourth-order valence-corrected chi connectivity index (χ4v) is 2.40. The molecule has 4 heteroatoms. The SMILES string of the molecule is O=C(CSc1ccccc1)NCCCOCC1CC1. The van der Waals surface area contributed by atoms with Crippen LogP contribution in [0.15, 0.2) is 35.2 Å². The summed E-state index contributed by atoms with van der Waals surface area (Å²) in [7, 11) is 0. The van der Waals surface area contributed by atoms with Gasteiger partial charge >= 0.3 is 0 Å². The molecule has 0 radical (unpaired) electrons. The Morgan fingerprint density at radius 3 is 2.84 bits per heavy atom. The fourth-order valence-electron chi connectivity index (χ4n) is 1.65. The van der Waals surface area contributed by atoms with Crippen molar-refractivity contribution in [2.45, 2.75) is 24.2 Å². The van der Waals surface area contributed by atoms with Crippen molar-refractivity contribution < 1.29 is 9.53 Å². The van der Waals surface area contributed by atoms with Gasteiger partial charge in [-0.3, -0.25) is 4.79 Å². The summed E-state index contributed by atoms with van der Waals surface area (Å²) in [5, 5.41) is 2.92. The number of rotatable bonds is 9. The Hall–Kier alpha value is -1.00. The molecule has 0 unspecified atom stereocenters. The molecule has 1 aromatic carbocycles. The monoisotopic (exact) mass is 279 g/mol. The average Bonchev–Trinajstić information content (AvgIpc) is 3.26. The van der Waals surface area contributed by atoms with E-state index in [1.807, 2.05) is 30.3 Å². The van der Waals surface area contributed by atoms with Crippen LogP contribution in [-0.2, 0) is 9.53 Å². The van der Waals surface area contributed by atoms with Crippen LogP contribution in [0, 0.1) is 5.92 Å². The van der Waals surface area contributed by atoms with E-state index in [2.05, 4.69) is 5.32 Å². The number of benzene rings is 1. The summed E-state index contributed by atoms with van der Waals surface area (Å²) < 4.78 is 5.51. The van der Waals surface area contributed by atoms with E-state index in [0.29, 0.717) is 12.3 Å². The number of carbonyl (C=O) groups is 1. The molecule has 1 fully saturated rings. The van der Waals surface area contributed by atoms with E-state index in [9.17, 15) is 4.79 Å². The maximum absolute atomic E-state index is 11.6. The lowest BCUT2D eigenvalue weighted by atomic mass is 10.4. The van der Waals surface area contributed by atoms with Gasteiger partial charge in [0.15, 0.2) is 0 Å². The Bertz CT molecular complexity index is 379. The molecule has 3 nitrogen and oxygen atoms in total. The summed E-state index contributed by atoms with van der Waals surface area (Å²) in [5.41, 5.74) is 0. The molecule has 0 aromatic heterocycles. The zero-order chi connectivity index (χ0) is 13.3. The standard InChI is InChI=1S/C15H21NO2S/c17-15(12-19-14-5-2-1-3-6-14)16-9-4-10-18-11-13-7-8-13/h1-3,5-6,13H,4,7-12H2,(H,16,17). The van der Waals surface area contributed by atoms with Gasteiger partial charge in [-0.25, -0.2) is 0 Å². The van der Waals surface area contributed by atoms with E-state index >= 15 is 0 Å². The second kappa shape index (κ2) is 8.23. The molecule has 0 saturated heterocycles. The van der Waals surface area contributed by atoms with Crippen LogP contribution in [0.4, 0.5) is 0 Å². The maximum atomic E-state index is 11.6. The van der Waals surface area contributed by atoms with Crippen molar-refractivity contribution in [3.05, 3.63) is 30.3 Å². The smallest absolute Gasteiger partial charge is 0.230 e. The van der Waals surface area contributed by atoms with Gasteiger partial charge in [-0.15, -0.1) is 11.8 Å². The minimum atomic E-state index is 0.0936. The van der Waals surface area contributed by atoms with Gasteiger partial charge in [0.05, 0.1) is 5.75 Å². The van der Waals surface area contributed by atoms with Crippen LogP contribution in [-0.4, -0.2) is 31.4 Å². The van der Waals surface area contributed by atoms with Crippen molar-refractivity contribution >= 4 is 17.7 Å². The molecule has 0 aliphatic heterocycles. The average molecular weight is 279 g/mol. The Labute approximate surface area is 119 Å². The Kier molecular flexibility index (Phi) is 6.24. The van der Waals surface area contributed by atoms with Gasteiger partial charge < -0.3 is 10.1 Å². The van der Waals surface area contributed by atoms with Crippen LogP contribution in [0.25, 0.3) is 0 Å². The van der Waals surface area contributed by atoms with Crippen LogP contribution in [0.3, 0.4) is 0 Å². The zero-order valence-electron chi connectivity index (χ0n) is 11.1. The van der Waals surface area contributed by atoms with Crippen molar-refractivity contribution in [1.29, 1.82) is 0 Å². The number of carbonyl (C=O) groups excluding carboxylic acids is 1. The first kappa shape index (κ1) is 14.4. The van der Waals surface area contributed by atoms with Gasteiger partial charge in [0.1, 0.15) is 0 Å². The second-order valence-electron chi connectivity index (χ2n) is 4.82. The number of hydrogen-bond donors (Lipinski definition) is 1. The van der Waals surface area contributed by atoms with E-state index in [1.165, 1.54) is 12.8 Å². The van der Waals surface area contributed by atoms with Gasteiger partial charge in [0.2, 0.25) is 5.91 Å². The van der Waals surface area contributed by atoms with E-state index in [0.717, 1.165) is 30.4 Å². The third-order valence-electron chi connectivity index (χ3n) is 2.95. The normalized spacial score (nSPS) is 14.3. The lowest BCUT2D eigenvalue weighted by Gasteiger charge is -2.06.